The van der Waals surface area contributed by atoms with Gasteiger partial charge < -0.3 is 0 Å². The van der Waals surface area contributed by atoms with Gasteiger partial charge in [-0.2, -0.15) is 15.2 Å². The van der Waals surface area contributed by atoms with Gasteiger partial charge in [-0.3, -0.25) is 9.59 Å². The minimum absolute atomic E-state index is 0.208. The molecule has 2 aliphatic heterocycles. The Labute approximate surface area is 240 Å². The molecule has 2 aliphatic rings. The van der Waals surface area contributed by atoms with E-state index in [-0.39, 0.29) is 16.7 Å². The largest absolute Gasteiger partial charge is 0.286 e. The second kappa shape index (κ2) is 10.4. The molecular weight excluding hydrogens is 528 g/mol. The van der Waals surface area contributed by atoms with Crippen LogP contribution in [0.5, 0.6) is 0 Å². The number of hydrogen-bond acceptors (Lipinski definition) is 6. The molecule has 41 heavy (non-hydrogen) atoms. The first-order valence-corrected chi connectivity index (χ1v) is 13.9. The van der Waals surface area contributed by atoms with Crippen LogP contribution in [0.25, 0.3) is 10.8 Å². The first kappa shape index (κ1) is 24.7. The van der Waals surface area contributed by atoms with Gasteiger partial charge in [0.2, 0.25) is 5.78 Å². The van der Waals surface area contributed by atoms with Crippen LogP contribution >= 0.6 is 11.8 Å². The van der Waals surface area contributed by atoms with Crippen LogP contribution < -0.4 is 10.0 Å². The summed E-state index contributed by atoms with van der Waals surface area (Å²) >= 11 is 1.20. The number of carbonyl (C=O) groups is 2. The predicted molar refractivity (Wildman–Crippen MR) is 166 cm³/mol. The summed E-state index contributed by atoms with van der Waals surface area (Å²) in [6.07, 6.45) is 0. The third-order valence-electron chi connectivity index (χ3n) is 6.89. The molecule has 0 N–H and O–H groups in total. The highest BCUT2D eigenvalue weighted by molar-refractivity contribution is 8.19. The number of ketones is 1. The van der Waals surface area contributed by atoms with Crippen molar-refractivity contribution in [3.05, 3.63) is 155 Å². The number of hydrazone groups is 2. The number of nitrogens with zero attached hydrogens (tertiary/aromatic N) is 4. The van der Waals surface area contributed by atoms with E-state index >= 15 is 0 Å². The fourth-order valence-corrected chi connectivity index (χ4v) is 5.91. The molecular formula is C34H22N4O2S. The smallest absolute Gasteiger partial charge is 0.283 e. The summed E-state index contributed by atoms with van der Waals surface area (Å²) in [4.78, 5) is 27.9. The van der Waals surface area contributed by atoms with Crippen molar-refractivity contribution in [2.45, 2.75) is 0 Å². The molecule has 0 aromatic heterocycles. The van der Waals surface area contributed by atoms with Crippen LogP contribution in [0.3, 0.4) is 0 Å². The van der Waals surface area contributed by atoms with Gasteiger partial charge in [0.1, 0.15) is 16.3 Å². The van der Waals surface area contributed by atoms with Crippen LogP contribution in [0.1, 0.15) is 15.9 Å². The topological polar surface area (TPSA) is 65.3 Å². The fraction of sp³-hybridized carbons (Fsp3) is 0. The molecule has 7 heteroatoms. The van der Waals surface area contributed by atoms with E-state index in [2.05, 4.69) is 0 Å². The number of para-hydroxylation sites is 2. The zero-order valence-electron chi connectivity index (χ0n) is 21.7. The average Bonchev–Trinajstić information content (AvgIpc) is 3.63. The Morgan fingerprint density at radius 1 is 0.610 bits per heavy atom. The number of benzene rings is 5. The second-order valence-corrected chi connectivity index (χ2v) is 10.5. The minimum Gasteiger partial charge on any atom is -0.286 e. The molecule has 0 spiro atoms. The van der Waals surface area contributed by atoms with E-state index < -0.39 is 0 Å². The highest BCUT2D eigenvalue weighted by Crippen LogP contribution is 2.41. The van der Waals surface area contributed by atoms with Crippen molar-refractivity contribution in [1.82, 2.24) is 0 Å². The Kier molecular flexibility index (Phi) is 6.26. The van der Waals surface area contributed by atoms with Crippen molar-refractivity contribution in [1.29, 1.82) is 0 Å². The Bertz CT molecular complexity index is 1900. The van der Waals surface area contributed by atoms with Crippen molar-refractivity contribution < 1.29 is 9.59 Å². The molecule has 0 atom stereocenters. The standard InChI is InChI=1S/C34H22N4O2S/c39-31(26-21-20-23-12-10-11-15-25(23)22-26)32-36-38(28-18-8-3-9-19-28)34(41-32)29-30(24-13-4-1-5-14-24)35-37(33(29)40)27-16-6-2-7-17-27/h1-22H/b34-29+. The monoisotopic (exact) mass is 550 g/mol. The molecule has 0 fully saturated rings. The Morgan fingerprint density at radius 2 is 1.20 bits per heavy atom. The molecule has 0 bridgehead atoms. The van der Waals surface area contributed by atoms with Crippen LogP contribution in [-0.4, -0.2) is 22.4 Å². The Balaban J connectivity index is 1.37. The van der Waals surface area contributed by atoms with Gasteiger partial charge in [0, 0.05) is 11.1 Å². The van der Waals surface area contributed by atoms with Crippen LogP contribution in [0.15, 0.2) is 154 Å². The maximum absolute atomic E-state index is 14.1. The number of thioether (sulfide) groups is 1. The highest BCUT2D eigenvalue weighted by Gasteiger charge is 2.40. The van der Waals surface area contributed by atoms with E-state index in [9.17, 15) is 9.59 Å². The van der Waals surface area contributed by atoms with E-state index in [0.717, 1.165) is 22.0 Å². The molecule has 0 saturated carbocycles. The molecule has 7 rings (SSSR count). The Morgan fingerprint density at radius 3 is 1.88 bits per heavy atom. The summed E-state index contributed by atoms with van der Waals surface area (Å²) in [5.74, 6) is -0.492. The lowest BCUT2D eigenvalue weighted by Crippen LogP contribution is -2.24. The number of fused-ring (bicyclic) bond motifs is 1. The Hall–Kier alpha value is -5.27. The van der Waals surface area contributed by atoms with E-state index in [1.165, 1.54) is 16.8 Å². The maximum Gasteiger partial charge on any atom is 0.283 e. The lowest BCUT2D eigenvalue weighted by atomic mass is 10.0. The summed E-state index contributed by atoms with van der Waals surface area (Å²) in [7, 11) is 0. The number of carbonyl (C=O) groups excluding carboxylic acids is 2. The molecule has 5 aromatic rings. The number of hydrogen-bond donors (Lipinski definition) is 0. The van der Waals surface area contributed by atoms with Crippen molar-refractivity contribution >= 4 is 56.4 Å². The van der Waals surface area contributed by atoms with Gasteiger partial charge in [0.25, 0.3) is 5.91 Å². The molecule has 0 unspecified atom stereocenters. The van der Waals surface area contributed by atoms with Gasteiger partial charge in [0.15, 0.2) is 5.04 Å². The minimum atomic E-state index is -0.284. The van der Waals surface area contributed by atoms with E-state index in [0.29, 0.717) is 27.6 Å². The van der Waals surface area contributed by atoms with Crippen LogP contribution in [0.2, 0.25) is 0 Å². The van der Waals surface area contributed by atoms with Crippen LogP contribution in [0, 0.1) is 0 Å². The number of rotatable bonds is 5. The van der Waals surface area contributed by atoms with Gasteiger partial charge in [-0.25, -0.2) is 5.01 Å². The molecule has 5 aromatic carbocycles. The predicted octanol–water partition coefficient (Wildman–Crippen LogP) is 7.25. The fourth-order valence-electron chi connectivity index (χ4n) is 4.88. The zero-order chi connectivity index (χ0) is 27.8. The number of Topliss-reactive ketones (excluding diaryl/α,β-unsaturated/α-hetero) is 1. The van der Waals surface area contributed by atoms with E-state index in [4.69, 9.17) is 10.2 Å². The highest BCUT2D eigenvalue weighted by atomic mass is 32.2. The quantitative estimate of drug-likeness (QED) is 0.171. The lowest BCUT2D eigenvalue weighted by molar-refractivity contribution is -0.114. The van der Waals surface area contributed by atoms with Crippen molar-refractivity contribution in [2.75, 3.05) is 10.0 Å². The zero-order valence-corrected chi connectivity index (χ0v) is 22.5. The molecule has 6 nitrogen and oxygen atoms in total. The molecule has 0 aliphatic carbocycles. The van der Waals surface area contributed by atoms with Crippen LogP contribution in [-0.2, 0) is 4.79 Å². The van der Waals surface area contributed by atoms with Gasteiger partial charge in [-0.05, 0) is 52.9 Å². The van der Waals surface area contributed by atoms with Gasteiger partial charge in [0.05, 0.1) is 11.4 Å². The lowest BCUT2D eigenvalue weighted by Gasteiger charge is -2.18. The summed E-state index contributed by atoms with van der Waals surface area (Å²) in [6.45, 7) is 0. The van der Waals surface area contributed by atoms with Gasteiger partial charge >= 0.3 is 0 Å². The number of amides is 1. The van der Waals surface area contributed by atoms with E-state index in [1.54, 1.807) is 5.01 Å². The summed E-state index contributed by atoms with van der Waals surface area (Å²) < 4.78 is 0. The average molecular weight is 551 g/mol. The summed E-state index contributed by atoms with van der Waals surface area (Å²) in [5, 5.41) is 15.5. The van der Waals surface area contributed by atoms with Crippen molar-refractivity contribution in [3.63, 3.8) is 0 Å². The molecule has 0 radical (unpaired) electrons. The summed E-state index contributed by atoms with van der Waals surface area (Å²) in [5.41, 5.74) is 3.64. The van der Waals surface area contributed by atoms with E-state index in [1.807, 2.05) is 133 Å². The number of anilines is 2. The van der Waals surface area contributed by atoms with Crippen molar-refractivity contribution in [2.24, 2.45) is 10.2 Å². The molecule has 0 saturated heterocycles. The van der Waals surface area contributed by atoms with Crippen molar-refractivity contribution in [3.8, 4) is 0 Å². The second-order valence-electron chi connectivity index (χ2n) is 9.49. The maximum atomic E-state index is 14.1. The van der Waals surface area contributed by atoms with Crippen LogP contribution in [0.4, 0.5) is 11.4 Å². The third kappa shape index (κ3) is 4.52. The third-order valence-corrected chi connectivity index (χ3v) is 7.92. The SMILES string of the molecule is O=C(C1=NN(c2ccccc2)/C(=C2\C(=O)N(c3ccccc3)N=C2c2ccccc2)S1)c1ccc2ccccc2c1. The van der Waals surface area contributed by atoms with Gasteiger partial charge in [-0.1, -0.05) is 103 Å². The molecule has 1 amide bonds. The molecule has 2 heterocycles. The first-order chi connectivity index (χ1) is 20.2. The normalized spacial score (nSPS) is 16.7. The van der Waals surface area contributed by atoms with Gasteiger partial charge in [-0.15, -0.1) is 0 Å². The first-order valence-electron chi connectivity index (χ1n) is 13.1. The summed E-state index contributed by atoms with van der Waals surface area (Å²) in [6, 6.07) is 42.0. The molecule has 196 valence electrons.